The number of aromatic nitrogens is 1. The fraction of sp³-hybridized carbons (Fsp3) is 0.480. The number of rotatable bonds is 2. The first-order valence-corrected chi connectivity index (χ1v) is 10.4. The van der Waals surface area contributed by atoms with Crippen LogP contribution < -0.4 is 4.57 Å². The Bertz CT molecular complexity index is 432. The predicted octanol–water partition coefficient (Wildman–Crippen LogP) is 8.21. The third-order valence-corrected chi connectivity index (χ3v) is 2.30. The van der Waals surface area contributed by atoms with Gasteiger partial charge < -0.3 is 0 Å². The number of nitrogens with zero attached hydrogens (tertiary/aromatic N) is 1. The summed E-state index contributed by atoms with van der Waals surface area (Å²) in [5.41, 5.74) is 1.26. The van der Waals surface area contributed by atoms with Crippen molar-refractivity contribution >= 4 is 6.08 Å². The van der Waals surface area contributed by atoms with Gasteiger partial charge in [0.05, 0.1) is 0 Å². The van der Waals surface area contributed by atoms with Gasteiger partial charge in [-0.2, -0.15) is 0 Å². The third kappa shape index (κ3) is 27.0. The summed E-state index contributed by atoms with van der Waals surface area (Å²) in [6.07, 6.45) is 9.48. The van der Waals surface area contributed by atoms with Crippen LogP contribution in [-0.2, 0) is 6.54 Å². The Labute approximate surface area is 165 Å². The molecule has 0 amide bonds. The van der Waals surface area contributed by atoms with Gasteiger partial charge in [0.15, 0.2) is 12.4 Å². The number of allylic oxidation sites excluding steroid dienone is 1. The molecule has 0 radical (unpaired) electrons. The first-order valence-electron chi connectivity index (χ1n) is 10.4. The lowest BCUT2D eigenvalue weighted by Gasteiger charge is -1.86. The van der Waals surface area contributed by atoms with Gasteiger partial charge in [0.2, 0.25) is 0 Å². The summed E-state index contributed by atoms with van der Waals surface area (Å²) < 4.78 is 2.12. The molecule has 1 aromatic carbocycles. The summed E-state index contributed by atoms with van der Waals surface area (Å²) in [7, 11) is 0. The van der Waals surface area contributed by atoms with Gasteiger partial charge >= 0.3 is 0 Å². The fourth-order valence-corrected chi connectivity index (χ4v) is 1.40. The van der Waals surface area contributed by atoms with E-state index in [9.17, 15) is 0 Å². The molecule has 0 fully saturated rings. The van der Waals surface area contributed by atoms with Gasteiger partial charge in [0, 0.05) is 12.1 Å². The van der Waals surface area contributed by atoms with Gasteiger partial charge in [-0.15, -0.1) is 0 Å². The molecule has 1 aromatic heterocycles. The molecule has 26 heavy (non-hydrogen) atoms. The first kappa shape index (κ1) is 31.8. The molecule has 0 bridgehead atoms. The number of pyridine rings is 1. The Morgan fingerprint density at radius 3 is 1.38 bits per heavy atom. The summed E-state index contributed by atoms with van der Waals surface area (Å²) in [6, 6.07) is 16.3. The molecule has 0 atom stereocenters. The predicted molar refractivity (Wildman–Crippen MR) is 123 cm³/mol. The Balaban J connectivity index is -0.000000130. The van der Waals surface area contributed by atoms with E-state index in [-0.39, 0.29) is 0 Å². The van der Waals surface area contributed by atoms with Crippen LogP contribution in [0.25, 0.3) is 6.08 Å². The summed E-state index contributed by atoms with van der Waals surface area (Å²) in [5.74, 6) is 0. The molecule has 0 aliphatic carbocycles. The average Bonchev–Trinajstić information content (AvgIpc) is 2.75. The Kier molecular flexibility index (Phi) is 42.2. The van der Waals surface area contributed by atoms with Gasteiger partial charge in [-0.05, 0) is 19.4 Å². The van der Waals surface area contributed by atoms with E-state index in [4.69, 9.17) is 0 Å². The zero-order valence-corrected chi connectivity index (χ0v) is 19.3. The smallest absolute Gasteiger partial charge is 0.168 e. The average molecular weight is 361 g/mol. The highest BCUT2D eigenvalue weighted by molar-refractivity contribution is 5.47. The normalized spacial score (nSPS) is 7.77. The maximum atomic E-state index is 2.12. The van der Waals surface area contributed by atoms with E-state index in [2.05, 4.69) is 55.9 Å². The van der Waals surface area contributed by atoms with Crippen molar-refractivity contribution < 1.29 is 4.57 Å². The van der Waals surface area contributed by atoms with E-state index in [1.807, 2.05) is 90.9 Å². The zero-order valence-electron chi connectivity index (χ0n) is 19.3. The monoisotopic (exact) mass is 360 g/mol. The van der Waals surface area contributed by atoms with Crippen molar-refractivity contribution in [2.45, 2.75) is 82.2 Å². The number of hydrogen-bond acceptors (Lipinski definition) is 0. The van der Waals surface area contributed by atoms with Crippen LogP contribution in [0, 0.1) is 0 Å². The van der Waals surface area contributed by atoms with Gasteiger partial charge in [0.1, 0.15) is 6.54 Å². The molecule has 0 aliphatic heterocycles. The maximum absolute atomic E-state index is 2.12. The van der Waals surface area contributed by atoms with E-state index in [1.54, 1.807) is 0 Å². The zero-order chi connectivity index (χ0) is 21.1. The highest BCUT2D eigenvalue weighted by Crippen LogP contribution is 1.99. The fourth-order valence-electron chi connectivity index (χ4n) is 1.40. The first-order chi connectivity index (χ1) is 12.8. The largest absolute Gasteiger partial charge is 0.205 e. The van der Waals surface area contributed by atoms with Crippen LogP contribution >= 0.6 is 0 Å². The standard InChI is InChI=1S/C9H10.C7H10N.C3H8.3C2H6/c1-2-6-9-7-4-3-5-8-9;1-2-8-6-4-3-5-7-8;1-3-2;3*1-2/h2-8H,1H3;3-7H,2H2,1H3;3H2,1-2H3;3*1-2H3/q;+1;;;;/b6-2+;;;;;. The minimum atomic E-state index is 1.06. The quantitative estimate of drug-likeness (QED) is 0.475. The number of hydrogen-bond donors (Lipinski definition) is 0. The topological polar surface area (TPSA) is 3.88 Å². The Hall–Kier alpha value is -1.89. The molecule has 2 rings (SSSR count). The minimum Gasteiger partial charge on any atom is -0.205 e. The van der Waals surface area contributed by atoms with Crippen LogP contribution in [0.1, 0.15) is 81.2 Å². The molecule has 2 aromatic rings. The van der Waals surface area contributed by atoms with E-state index >= 15 is 0 Å². The van der Waals surface area contributed by atoms with Gasteiger partial charge in [0.25, 0.3) is 0 Å². The SMILES string of the molecule is C/C=C/c1ccccc1.CC.CC.CC.CCC.CC[n+]1ccccc1. The van der Waals surface area contributed by atoms with Crippen LogP contribution in [0.5, 0.6) is 0 Å². The summed E-state index contributed by atoms with van der Waals surface area (Å²) >= 11 is 0. The Morgan fingerprint density at radius 2 is 1.08 bits per heavy atom. The summed E-state index contributed by atoms with van der Waals surface area (Å²) in [4.78, 5) is 0. The second-order valence-electron chi connectivity index (χ2n) is 4.32. The number of aryl methyl sites for hydroxylation is 1. The van der Waals surface area contributed by atoms with Crippen LogP contribution in [0.3, 0.4) is 0 Å². The molecule has 0 unspecified atom stereocenters. The lowest BCUT2D eigenvalue weighted by atomic mass is 10.2. The van der Waals surface area contributed by atoms with Crippen molar-refractivity contribution in [3.05, 3.63) is 72.6 Å². The molecule has 1 nitrogen and oxygen atoms in total. The van der Waals surface area contributed by atoms with Crippen molar-refractivity contribution in [2.24, 2.45) is 0 Å². The minimum absolute atomic E-state index is 1.06. The van der Waals surface area contributed by atoms with Gasteiger partial charge in [-0.25, -0.2) is 4.57 Å². The molecule has 150 valence electrons. The van der Waals surface area contributed by atoms with Crippen LogP contribution in [0.15, 0.2) is 67.0 Å². The Morgan fingerprint density at radius 1 is 0.692 bits per heavy atom. The second-order valence-corrected chi connectivity index (χ2v) is 4.32. The van der Waals surface area contributed by atoms with Crippen molar-refractivity contribution in [1.82, 2.24) is 0 Å². The van der Waals surface area contributed by atoms with Crippen LogP contribution in [0.2, 0.25) is 0 Å². The van der Waals surface area contributed by atoms with E-state index < -0.39 is 0 Å². The van der Waals surface area contributed by atoms with Gasteiger partial charge in [-0.1, -0.05) is 110 Å². The van der Waals surface area contributed by atoms with Crippen LogP contribution in [-0.4, -0.2) is 0 Å². The molecule has 0 spiro atoms. The second kappa shape index (κ2) is 34.4. The molecule has 0 saturated heterocycles. The molecule has 0 saturated carbocycles. The molecular formula is C25H46N+. The maximum Gasteiger partial charge on any atom is 0.168 e. The van der Waals surface area contributed by atoms with Gasteiger partial charge in [-0.3, -0.25) is 0 Å². The molecule has 1 heteroatoms. The van der Waals surface area contributed by atoms with E-state index in [1.165, 1.54) is 12.0 Å². The summed E-state index contributed by atoms with van der Waals surface area (Å²) in [6.45, 7) is 21.5. The lowest BCUT2D eigenvalue weighted by molar-refractivity contribution is -0.693. The lowest BCUT2D eigenvalue weighted by Crippen LogP contribution is -2.30. The van der Waals surface area contributed by atoms with E-state index in [0.717, 1.165) is 6.54 Å². The van der Waals surface area contributed by atoms with Crippen molar-refractivity contribution in [2.75, 3.05) is 0 Å². The van der Waals surface area contributed by atoms with Crippen molar-refractivity contribution in [3.63, 3.8) is 0 Å². The number of benzene rings is 1. The van der Waals surface area contributed by atoms with Crippen molar-refractivity contribution in [3.8, 4) is 0 Å². The van der Waals surface area contributed by atoms with Crippen molar-refractivity contribution in [1.29, 1.82) is 0 Å². The molecular weight excluding hydrogens is 314 g/mol. The molecule has 1 heterocycles. The van der Waals surface area contributed by atoms with E-state index in [0.29, 0.717) is 0 Å². The van der Waals surface area contributed by atoms with Crippen LogP contribution in [0.4, 0.5) is 0 Å². The molecule has 0 aliphatic rings. The highest BCUT2D eigenvalue weighted by Gasteiger charge is 1.86. The third-order valence-electron chi connectivity index (χ3n) is 2.30. The highest BCUT2D eigenvalue weighted by atomic mass is 14.9. The summed E-state index contributed by atoms with van der Waals surface area (Å²) in [5, 5.41) is 0. The molecule has 0 N–H and O–H groups in total.